The predicted octanol–water partition coefficient (Wildman–Crippen LogP) is 5.17. The number of fused-ring (bicyclic) bond motifs is 1. The molecule has 0 radical (unpaired) electrons. The van der Waals surface area contributed by atoms with E-state index in [0.717, 1.165) is 0 Å². The summed E-state index contributed by atoms with van der Waals surface area (Å²) in [5, 5.41) is 2.61. The number of hydrogen-bond acceptors (Lipinski definition) is 2. The maximum Gasteiger partial charge on any atom is 0.211 e. The van der Waals surface area contributed by atoms with Crippen LogP contribution in [-0.4, -0.2) is 15.8 Å². The topological polar surface area (TPSA) is 46.4 Å². The van der Waals surface area contributed by atoms with Crippen molar-refractivity contribution in [3.05, 3.63) is 77.6 Å². The smallest absolute Gasteiger partial charge is 0.211 e. The third-order valence-electron chi connectivity index (χ3n) is 4.19. The molecule has 1 amide bonds. The van der Waals surface area contributed by atoms with E-state index in [-0.39, 0.29) is 10.8 Å². The first-order valence-electron chi connectivity index (χ1n) is 7.99. The van der Waals surface area contributed by atoms with Crippen LogP contribution in [0.5, 0.6) is 0 Å². The van der Waals surface area contributed by atoms with Gasteiger partial charge in [-0.1, -0.05) is 23.7 Å². The number of nitrogens with zero attached hydrogens (tertiary/aromatic N) is 2. The molecule has 134 valence electrons. The number of anilines is 1. The maximum absolute atomic E-state index is 13.6. The fourth-order valence-electron chi connectivity index (χ4n) is 2.95. The Bertz CT molecular complexity index is 1170. The number of rotatable bonds is 4. The molecule has 1 N–H and O–H groups in total. The van der Waals surface area contributed by atoms with E-state index >= 15 is 0 Å². The number of carbonyl (C=O) groups is 1. The van der Waals surface area contributed by atoms with E-state index in [0.29, 0.717) is 40.1 Å². The van der Waals surface area contributed by atoms with Gasteiger partial charge in [0.05, 0.1) is 22.6 Å². The van der Waals surface area contributed by atoms with Gasteiger partial charge in [0.15, 0.2) is 5.65 Å². The molecule has 4 aromatic rings. The number of pyridine rings is 1. The SMILES string of the molecule is O=CNc1cc(-c2cccc(F)c2)cn2c(-c3ccc(F)c(Cl)c3)cnc12. The summed E-state index contributed by atoms with van der Waals surface area (Å²) in [6.07, 6.45) is 3.93. The minimum absolute atomic E-state index is 0.00465. The maximum atomic E-state index is 13.6. The molecular formula is C20H12ClF2N3O. The number of halogens is 3. The van der Waals surface area contributed by atoms with Crippen LogP contribution in [0, 0.1) is 11.6 Å². The van der Waals surface area contributed by atoms with Crippen molar-refractivity contribution in [2.45, 2.75) is 0 Å². The number of benzene rings is 2. The van der Waals surface area contributed by atoms with Gasteiger partial charge in [-0.3, -0.25) is 9.20 Å². The van der Waals surface area contributed by atoms with Crippen molar-refractivity contribution in [3.63, 3.8) is 0 Å². The van der Waals surface area contributed by atoms with Crippen molar-refractivity contribution < 1.29 is 13.6 Å². The van der Waals surface area contributed by atoms with Crippen LogP contribution < -0.4 is 5.32 Å². The molecular weight excluding hydrogens is 372 g/mol. The third kappa shape index (κ3) is 3.15. The quantitative estimate of drug-likeness (QED) is 0.494. The first kappa shape index (κ1) is 17.2. The number of imidazole rings is 1. The first-order chi connectivity index (χ1) is 13.1. The molecule has 2 aromatic carbocycles. The van der Waals surface area contributed by atoms with Crippen molar-refractivity contribution in [2.75, 3.05) is 5.32 Å². The third-order valence-corrected chi connectivity index (χ3v) is 4.48. The first-order valence-corrected chi connectivity index (χ1v) is 8.37. The Morgan fingerprint density at radius 3 is 2.63 bits per heavy atom. The van der Waals surface area contributed by atoms with Crippen molar-refractivity contribution in [3.8, 4) is 22.4 Å². The van der Waals surface area contributed by atoms with Crippen LogP contribution in [0.3, 0.4) is 0 Å². The van der Waals surface area contributed by atoms with Gasteiger partial charge in [0.25, 0.3) is 0 Å². The molecule has 27 heavy (non-hydrogen) atoms. The second-order valence-electron chi connectivity index (χ2n) is 5.88. The molecule has 7 heteroatoms. The van der Waals surface area contributed by atoms with Crippen LogP contribution in [0.15, 0.2) is 60.9 Å². The Labute approximate surface area is 158 Å². The predicted molar refractivity (Wildman–Crippen MR) is 101 cm³/mol. The second-order valence-corrected chi connectivity index (χ2v) is 6.29. The van der Waals surface area contributed by atoms with Gasteiger partial charge in [0.1, 0.15) is 11.6 Å². The van der Waals surface area contributed by atoms with Gasteiger partial charge in [-0.05, 0) is 42.0 Å². The monoisotopic (exact) mass is 383 g/mol. The zero-order valence-electron chi connectivity index (χ0n) is 13.8. The molecule has 0 bridgehead atoms. The summed E-state index contributed by atoms with van der Waals surface area (Å²) in [5.41, 5.74) is 3.59. The van der Waals surface area contributed by atoms with Gasteiger partial charge < -0.3 is 5.32 Å². The van der Waals surface area contributed by atoms with Gasteiger partial charge in [-0.2, -0.15) is 0 Å². The summed E-state index contributed by atoms with van der Waals surface area (Å²) in [6.45, 7) is 0. The molecule has 0 spiro atoms. The van der Waals surface area contributed by atoms with Crippen LogP contribution in [0.25, 0.3) is 28.0 Å². The lowest BCUT2D eigenvalue weighted by Gasteiger charge is -2.10. The molecule has 0 atom stereocenters. The Hall–Kier alpha value is -3.25. The average Bonchev–Trinajstić information content (AvgIpc) is 3.08. The van der Waals surface area contributed by atoms with Gasteiger partial charge >= 0.3 is 0 Å². The fraction of sp³-hybridized carbons (Fsp3) is 0. The summed E-state index contributed by atoms with van der Waals surface area (Å²) >= 11 is 5.90. The van der Waals surface area contributed by atoms with E-state index in [2.05, 4.69) is 10.3 Å². The minimum Gasteiger partial charge on any atom is -0.326 e. The van der Waals surface area contributed by atoms with Crippen molar-refractivity contribution in [1.82, 2.24) is 9.38 Å². The van der Waals surface area contributed by atoms with Gasteiger partial charge in [-0.25, -0.2) is 13.8 Å². The Morgan fingerprint density at radius 2 is 1.89 bits per heavy atom. The number of carbonyl (C=O) groups excluding carboxylic acids is 1. The van der Waals surface area contributed by atoms with E-state index in [1.165, 1.54) is 24.3 Å². The molecule has 4 nitrogen and oxygen atoms in total. The molecule has 0 aliphatic heterocycles. The lowest BCUT2D eigenvalue weighted by atomic mass is 10.1. The Kier molecular flexibility index (Phi) is 4.33. The molecule has 0 fully saturated rings. The van der Waals surface area contributed by atoms with Crippen LogP contribution >= 0.6 is 11.6 Å². The number of amides is 1. The standard InChI is InChI=1S/C20H12ClF2N3O/c21-16-7-13(4-5-17(16)23)19-9-24-20-18(25-11-27)8-14(10-26(19)20)12-2-1-3-15(22)6-12/h1-11H,(H,25,27). The molecule has 2 heterocycles. The van der Waals surface area contributed by atoms with E-state index in [1.54, 1.807) is 41.1 Å². The summed E-state index contributed by atoms with van der Waals surface area (Å²) in [5.74, 6) is -0.883. The van der Waals surface area contributed by atoms with Gasteiger partial charge in [0, 0.05) is 17.3 Å². The van der Waals surface area contributed by atoms with Gasteiger partial charge in [-0.15, -0.1) is 0 Å². The van der Waals surface area contributed by atoms with Gasteiger partial charge in [0.2, 0.25) is 6.41 Å². The van der Waals surface area contributed by atoms with Crippen molar-refractivity contribution >= 4 is 29.3 Å². The molecule has 0 saturated carbocycles. The second kappa shape index (κ2) is 6.81. The van der Waals surface area contributed by atoms with Crippen LogP contribution in [0.2, 0.25) is 5.02 Å². The summed E-state index contributed by atoms with van der Waals surface area (Å²) in [4.78, 5) is 15.4. The summed E-state index contributed by atoms with van der Waals surface area (Å²) < 4.78 is 28.9. The van der Waals surface area contributed by atoms with Crippen molar-refractivity contribution in [1.29, 1.82) is 0 Å². The highest BCUT2D eigenvalue weighted by Crippen LogP contribution is 2.31. The molecule has 0 aliphatic rings. The molecule has 4 rings (SSSR count). The highest BCUT2D eigenvalue weighted by Gasteiger charge is 2.13. The van der Waals surface area contributed by atoms with Crippen molar-refractivity contribution in [2.24, 2.45) is 0 Å². The normalized spacial score (nSPS) is 10.9. The number of nitrogens with one attached hydrogen (secondary N) is 1. The molecule has 0 unspecified atom stereocenters. The van der Waals surface area contributed by atoms with E-state index in [1.807, 2.05) is 0 Å². The van der Waals surface area contributed by atoms with Crippen LogP contribution in [0.1, 0.15) is 0 Å². The molecule has 2 aromatic heterocycles. The number of hydrogen-bond donors (Lipinski definition) is 1. The summed E-state index contributed by atoms with van der Waals surface area (Å²) in [6, 6.07) is 12.2. The Balaban J connectivity index is 1.96. The zero-order valence-corrected chi connectivity index (χ0v) is 14.5. The van der Waals surface area contributed by atoms with Crippen LogP contribution in [-0.2, 0) is 4.79 Å². The van der Waals surface area contributed by atoms with E-state index < -0.39 is 5.82 Å². The molecule has 0 saturated heterocycles. The van der Waals surface area contributed by atoms with Crippen LogP contribution in [0.4, 0.5) is 14.5 Å². The van der Waals surface area contributed by atoms with E-state index in [9.17, 15) is 13.6 Å². The summed E-state index contributed by atoms with van der Waals surface area (Å²) in [7, 11) is 0. The number of aromatic nitrogens is 2. The van der Waals surface area contributed by atoms with E-state index in [4.69, 9.17) is 11.6 Å². The largest absolute Gasteiger partial charge is 0.326 e. The highest BCUT2D eigenvalue weighted by atomic mass is 35.5. The molecule has 0 aliphatic carbocycles. The fourth-order valence-corrected chi connectivity index (χ4v) is 3.13. The Morgan fingerprint density at radius 1 is 1.04 bits per heavy atom. The minimum atomic E-state index is -0.516. The average molecular weight is 384 g/mol. The lowest BCUT2D eigenvalue weighted by Crippen LogP contribution is -2.00. The zero-order chi connectivity index (χ0) is 19.0. The highest BCUT2D eigenvalue weighted by molar-refractivity contribution is 6.31. The lowest BCUT2D eigenvalue weighted by molar-refractivity contribution is -0.105.